The molecule has 4 rings (SSSR count). The van der Waals surface area contributed by atoms with E-state index < -0.39 is 0 Å². The zero-order valence-electron chi connectivity index (χ0n) is 11.1. The average molecular weight is 272 g/mol. The minimum atomic E-state index is 1.19. The Labute approximate surface area is 122 Å². The van der Waals surface area contributed by atoms with Gasteiger partial charge in [-0.15, -0.1) is 11.3 Å². The minimum absolute atomic E-state index is 1.19. The Hall–Kier alpha value is -2.30. The number of rotatable bonds is 1. The fraction of sp³-hybridized carbons (Fsp3) is 0.0526. The van der Waals surface area contributed by atoms with Crippen LogP contribution < -0.4 is 0 Å². The highest BCUT2D eigenvalue weighted by Crippen LogP contribution is 2.39. The molecule has 1 heteroatoms. The van der Waals surface area contributed by atoms with Crippen LogP contribution in [0.15, 0.2) is 54.6 Å². The van der Waals surface area contributed by atoms with Crippen LogP contribution in [0.3, 0.4) is 0 Å². The molecule has 0 aliphatic heterocycles. The van der Waals surface area contributed by atoms with Crippen molar-refractivity contribution in [1.82, 2.24) is 0 Å². The highest BCUT2D eigenvalue weighted by atomic mass is 32.1. The monoisotopic (exact) mass is 272 g/mol. The van der Waals surface area contributed by atoms with Crippen molar-refractivity contribution in [3.63, 3.8) is 0 Å². The Bertz CT molecular complexity index is 901. The van der Waals surface area contributed by atoms with Gasteiger partial charge in [0.2, 0.25) is 0 Å². The lowest BCUT2D eigenvalue weighted by atomic mass is 10.0. The van der Waals surface area contributed by atoms with E-state index in [-0.39, 0.29) is 0 Å². The van der Waals surface area contributed by atoms with Crippen molar-refractivity contribution in [2.45, 2.75) is 6.92 Å². The number of thiophene rings is 1. The van der Waals surface area contributed by atoms with Crippen LogP contribution in [0.4, 0.5) is 0 Å². The molecule has 0 unspecified atom stereocenters. The Morgan fingerprint density at radius 3 is 2.60 bits per heavy atom. The predicted molar refractivity (Wildman–Crippen MR) is 87.2 cm³/mol. The van der Waals surface area contributed by atoms with Gasteiger partial charge in [-0.3, -0.25) is 0 Å². The van der Waals surface area contributed by atoms with Crippen molar-refractivity contribution >= 4 is 31.5 Å². The van der Waals surface area contributed by atoms with Crippen molar-refractivity contribution in [3.05, 3.63) is 72.3 Å². The molecule has 94 valence electrons. The molecule has 0 saturated carbocycles. The number of hydrogen-bond acceptors (Lipinski definition) is 1. The fourth-order valence-electron chi connectivity index (χ4n) is 2.65. The molecule has 0 spiro atoms. The van der Waals surface area contributed by atoms with Gasteiger partial charge in [-0.1, -0.05) is 60.7 Å². The van der Waals surface area contributed by atoms with Crippen molar-refractivity contribution in [1.29, 1.82) is 0 Å². The summed E-state index contributed by atoms with van der Waals surface area (Å²) in [5.41, 5.74) is 3.82. The summed E-state index contributed by atoms with van der Waals surface area (Å²) in [5, 5.41) is 2.48. The summed E-state index contributed by atoms with van der Waals surface area (Å²) in [6.45, 7) is 2.17. The highest BCUT2D eigenvalue weighted by molar-refractivity contribution is 7.26. The second-order valence-corrected chi connectivity index (χ2v) is 5.97. The lowest BCUT2D eigenvalue weighted by Crippen LogP contribution is -1.75. The van der Waals surface area contributed by atoms with Gasteiger partial charge in [-0.05, 0) is 24.1 Å². The van der Waals surface area contributed by atoms with E-state index in [1.807, 2.05) is 17.4 Å². The highest BCUT2D eigenvalue weighted by Gasteiger charge is 2.10. The molecule has 1 aromatic heterocycles. The standard InChI is InChI=1S/C19H12S/c1-13-7-5-11-16-17-12-6-10-15(19(17)20-18(13)16)14-8-3-2-4-9-14/h2-5,7-11H,1H3. The normalized spacial score (nSPS) is 10.8. The molecule has 4 aromatic rings. The maximum absolute atomic E-state index is 3.30. The largest absolute Gasteiger partial charge is 0.134 e. The quantitative estimate of drug-likeness (QED) is 0.421. The second-order valence-electron chi connectivity index (χ2n) is 4.95. The van der Waals surface area contributed by atoms with E-state index in [1.54, 1.807) is 0 Å². The summed E-state index contributed by atoms with van der Waals surface area (Å²) in [6.07, 6.45) is 0. The molecule has 20 heavy (non-hydrogen) atoms. The third kappa shape index (κ3) is 1.62. The first kappa shape index (κ1) is 11.5. The molecular formula is C19H12S. The Balaban J connectivity index is 2.14. The summed E-state index contributed by atoms with van der Waals surface area (Å²) in [4.78, 5) is 0. The number of aryl methyl sites for hydroxylation is 1. The summed E-state index contributed by atoms with van der Waals surface area (Å²) in [7, 11) is 0. The van der Waals surface area contributed by atoms with Crippen LogP contribution >= 0.6 is 11.3 Å². The van der Waals surface area contributed by atoms with E-state index in [9.17, 15) is 0 Å². The predicted octanol–water partition coefficient (Wildman–Crippen LogP) is 5.63. The molecule has 0 aliphatic rings. The summed E-state index contributed by atoms with van der Waals surface area (Å²) < 4.78 is 2.66. The van der Waals surface area contributed by atoms with E-state index in [0.717, 1.165) is 0 Å². The molecule has 0 aliphatic carbocycles. The zero-order chi connectivity index (χ0) is 13.5. The summed E-state index contributed by atoms with van der Waals surface area (Å²) in [6, 6.07) is 25.5. The SMILES string of the molecule is Cc1cccc2c1sc1c(-c3ccccc3)cc#cc12. The second kappa shape index (κ2) is 4.37. The topological polar surface area (TPSA) is 0 Å². The van der Waals surface area contributed by atoms with Crippen molar-refractivity contribution in [3.8, 4) is 11.1 Å². The first-order valence-corrected chi connectivity index (χ1v) is 7.46. The third-order valence-electron chi connectivity index (χ3n) is 3.66. The van der Waals surface area contributed by atoms with Crippen LogP contribution in [-0.4, -0.2) is 0 Å². The summed E-state index contributed by atoms with van der Waals surface area (Å²) >= 11 is 1.86. The molecular weight excluding hydrogens is 260 g/mol. The van der Waals surface area contributed by atoms with Crippen LogP contribution in [0.1, 0.15) is 5.56 Å². The van der Waals surface area contributed by atoms with Crippen LogP contribution in [-0.2, 0) is 0 Å². The first-order valence-electron chi connectivity index (χ1n) is 6.64. The van der Waals surface area contributed by atoms with Crippen molar-refractivity contribution in [2.75, 3.05) is 0 Å². The van der Waals surface area contributed by atoms with Gasteiger partial charge in [0.1, 0.15) is 0 Å². The Morgan fingerprint density at radius 1 is 0.900 bits per heavy atom. The average Bonchev–Trinajstić information content (AvgIpc) is 2.88. The van der Waals surface area contributed by atoms with Crippen LogP contribution in [0.2, 0.25) is 0 Å². The first-order chi connectivity index (χ1) is 9.84. The molecule has 0 saturated heterocycles. The minimum Gasteiger partial charge on any atom is -0.134 e. The van der Waals surface area contributed by atoms with Gasteiger partial charge >= 0.3 is 0 Å². The number of hydrogen-bond donors (Lipinski definition) is 0. The van der Waals surface area contributed by atoms with Gasteiger partial charge in [0, 0.05) is 15.6 Å². The van der Waals surface area contributed by atoms with E-state index in [4.69, 9.17) is 0 Å². The smallest absolute Gasteiger partial charge is 0.0524 e. The van der Waals surface area contributed by atoms with Gasteiger partial charge in [0.25, 0.3) is 0 Å². The summed E-state index contributed by atoms with van der Waals surface area (Å²) in [5.74, 6) is 0. The molecule has 0 fully saturated rings. The molecule has 0 N–H and O–H groups in total. The molecule has 0 atom stereocenters. The van der Waals surface area contributed by atoms with Crippen molar-refractivity contribution < 1.29 is 0 Å². The maximum atomic E-state index is 3.30. The molecule has 0 amide bonds. The van der Waals surface area contributed by atoms with Crippen LogP contribution in [0, 0.1) is 19.1 Å². The Morgan fingerprint density at radius 2 is 1.75 bits per heavy atom. The fourth-order valence-corrected chi connectivity index (χ4v) is 3.92. The Kier molecular flexibility index (Phi) is 2.52. The molecule has 1 heterocycles. The lowest BCUT2D eigenvalue weighted by molar-refractivity contribution is 1.56. The van der Waals surface area contributed by atoms with Crippen LogP contribution in [0.25, 0.3) is 31.3 Å². The third-order valence-corrected chi connectivity index (χ3v) is 5.03. The molecule has 0 radical (unpaired) electrons. The molecule has 0 nitrogen and oxygen atoms in total. The van der Waals surface area contributed by atoms with Gasteiger partial charge in [-0.2, -0.15) is 0 Å². The van der Waals surface area contributed by atoms with E-state index in [0.29, 0.717) is 0 Å². The molecule has 3 aromatic carbocycles. The number of fused-ring (bicyclic) bond motifs is 3. The van der Waals surface area contributed by atoms with Crippen LogP contribution in [0.5, 0.6) is 0 Å². The lowest BCUT2D eigenvalue weighted by Gasteiger charge is -2.00. The number of benzene rings is 2. The van der Waals surface area contributed by atoms with Gasteiger partial charge in [0.15, 0.2) is 0 Å². The maximum Gasteiger partial charge on any atom is 0.0524 e. The van der Waals surface area contributed by atoms with E-state index >= 15 is 0 Å². The molecule has 0 bridgehead atoms. The zero-order valence-corrected chi connectivity index (χ0v) is 11.9. The van der Waals surface area contributed by atoms with Gasteiger partial charge < -0.3 is 0 Å². The van der Waals surface area contributed by atoms with Gasteiger partial charge in [0.05, 0.1) is 10.1 Å². The van der Waals surface area contributed by atoms with E-state index in [1.165, 1.54) is 36.9 Å². The van der Waals surface area contributed by atoms with Gasteiger partial charge in [-0.25, -0.2) is 0 Å². The van der Waals surface area contributed by atoms with Crippen molar-refractivity contribution in [2.24, 2.45) is 0 Å². The van der Waals surface area contributed by atoms with E-state index in [2.05, 4.69) is 67.6 Å².